The van der Waals surface area contributed by atoms with Crippen molar-refractivity contribution in [2.45, 2.75) is 32.3 Å². The molecule has 2 aromatic carbocycles. The van der Waals surface area contributed by atoms with Gasteiger partial charge in [-0.05, 0) is 43.2 Å². The highest BCUT2D eigenvalue weighted by Crippen LogP contribution is 2.18. The Hall–Kier alpha value is -2.82. The Kier molecular flexibility index (Phi) is 7.21. The van der Waals surface area contributed by atoms with Gasteiger partial charge in [-0.1, -0.05) is 37.3 Å². The first-order valence-corrected chi connectivity index (χ1v) is 8.72. The van der Waals surface area contributed by atoms with E-state index in [0.717, 1.165) is 6.42 Å². The van der Waals surface area contributed by atoms with Crippen molar-refractivity contribution in [1.82, 2.24) is 5.32 Å². The van der Waals surface area contributed by atoms with E-state index in [2.05, 4.69) is 12.2 Å². The van der Waals surface area contributed by atoms with Crippen molar-refractivity contribution in [1.29, 1.82) is 0 Å². The standard InChI is InChI=1S/C21H25NO4/c1-4-16(17-8-6-5-7-9-17)14-22-20(23)15(2)26-21(24)18-10-12-19(25-3)13-11-18/h5-13,15-16H,4,14H2,1-3H3,(H,22,23)/t15-,16+/m1/s1. The van der Waals surface area contributed by atoms with Crippen molar-refractivity contribution in [3.63, 3.8) is 0 Å². The van der Waals surface area contributed by atoms with Crippen LogP contribution in [0.15, 0.2) is 54.6 Å². The van der Waals surface area contributed by atoms with E-state index in [0.29, 0.717) is 17.9 Å². The number of esters is 1. The Morgan fingerprint density at radius 1 is 1.04 bits per heavy atom. The summed E-state index contributed by atoms with van der Waals surface area (Å²) in [7, 11) is 1.55. The molecule has 2 aromatic rings. The van der Waals surface area contributed by atoms with E-state index in [1.807, 2.05) is 30.3 Å². The minimum Gasteiger partial charge on any atom is -0.497 e. The van der Waals surface area contributed by atoms with Gasteiger partial charge in [-0.25, -0.2) is 4.79 Å². The number of hydrogen-bond donors (Lipinski definition) is 1. The Morgan fingerprint density at radius 3 is 2.27 bits per heavy atom. The van der Waals surface area contributed by atoms with Crippen LogP contribution < -0.4 is 10.1 Å². The first-order chi connectivity index (χ1) is 12.5. The minimum absolute atomic E-state index is 0.227. The predicted molar refractivity (Wildman–Crippen MR) is 100 cm³/mol. The molecule has 0 saturated heterocycles. The maximum atomic E-state index is 12.3. The van der Waals surface area contributed by atoms with Crippen molar-refractivity contribution in [2.24, 2.45) is 0 Å². The summed E-state index contributed by atoms with van der Waals surface area (Å²) in [4.78, 5) is 24.4. The molecule has 2 atom stereocenters. The molecule has 0 aliphatic carbocycles. The van der Waals surface area contributed by atoms with Gasteiger partial charge in [0.25, 0.3) is 5.91 Å². The predicted octanol–water partition coefficient (Wildman–Crippen LogP) is 3.55. The van der Waals surface area contributed by atoms with Crippen molar-refractivity contribution < 1.29 is 19.1 Å². The summed E-state index contributed by atoms with van der Waals surface area (Å²) in [6.45, 7) is 4.15. The van der Waals surface area contributed by atoms with Crippen LogP contribution in [0, 0.1) is 0 Å². The fourth-order valence-corrected chi connectivity index (χ4v) is 2.60. The molecule has 0 aromatic heterocycles. The highest BCUT2D eigenvalue weighted by Gasteiger charge is 2.20. The smallest absolute Gasteiger partial charge is 0.338 e. The van der Waals surface area contributed by atoms with E-state index in [1.54, 1.807) is 38.3 Å². The third kappa shape index (κ3) is 5.34. The molecule has 0 heterocycles. The van der Waals surface area contributed by atoms with Crippen LogP contribution in [0.3, 0.4) is 0 Å². The molecule has 0 spiro atoms. The lowest BCUT2D eigenvalue weighted by molar-refractivity contribution is -0.129. The van der Waals surface area contributed by atoms with Crippen LogP contribution in [0.4, 0.5) is 0 Å². The minimum atomic E-state index is -0.863. The molecule has 26 heavy (non-hydrogen) atoms. The highest BCUT2D eigenvalue weighted by molar-refractivity contribution is 5.92. The zero-order valence-corrected chi connectivity index (χ0v) is 15.4. The topological polar surface area (TPSA) is 64.6 Å². The number of carbonyl (C=O) groups is 2. The summed E-state index contributed by atoms with van der Waals surface area (Å²) in [5.41, 5.74) is 1.55. The highest BCUT2D eigenvalue weighted by atomic mass is 16.5. The zero-order chi connectivity index (χ0) is 18.9. The van der Waals surface area contributed by atoms with Crippen molar-refractivity contribution >= 4 is 11.9 Å². The number of amides is 1. The second-order valence-corrected chi connectivity index (χ2v) is 6.04. The molecule has 1 amide bonds. The van der Waals surface area contributed by atoms with Crippen molar-refractivity contribution in [3.8, 4) is 5.75 Å². The Balaban J connectivity index is 1.87. The van der Waals surface area contributed by atoms with Gasteiger partial charge in [0.2, 0.25) is 0 Å². The normalized spacial score (nSPS) is 12.7. The summed E-state index contributed by atoms with van der Waals surface area (Å²) in [5.74, 6) is 0.0372. The molecule has 138 valence electrons. The Morgan fingerprint density at radius 2 is 1.69 bits per heavy atom. The summed E-state index contributed by atoms with van der Waals surface area (Å²) in [6.07, 6.45) is 0.0440. The van der Waals surface area contributed by atoms with E-state index in [9.17, 15) is 9.59 Å². The summed E-state index contributed by atoms with van der Waals surface area (Å²) < 4.78 is 10.3. The number of benzene rings is 2. The Labute approximate surface area is 154 Å². The molecular weight excluding hydrogens is 330 g/mol. The number of ether oxygens (including phenoxy) is 2. The largest absolute Gasteiger partial charge is 0.497 e. The monoisotopic (exact) mass is 355 g/mol. The second kappa shape index (κ2) is 9.61. The molecule has 5 nitrogen and oxygen atoms in total. The van der Waals surface area contributed by atoms with E-state index < -0.39 is 12.1 Å². The van der Waals surface area contributed by atoms with Crippen molar-refractivity contribution in [3.05, 3.63) is 65.7 Å². The third-order valence-electron chi connectivity index (χ3n) is 4.27. The first-order valence-electron chi connectivity index (χ1n) is 8.72. The Bertz CT molecular complexity index is 713. The van der Waals surface area contributed by atoms with Crippen LogP contribution in [0.1, 0.15) is 42.1 Å². The van der Waals surface area contributed by atoms with E-state index in [1.165, 1.54) is 5.56 Å². The number of carbonyl (C=O) groups excluding carboxylic acids is 2. The number of hydrogen-bond acceptors (Lipinski definition) is 4. The van der Waals surface area contributed by atoms with E-state index >= 15 is 0 Å². The van der Waals surface area contributed by atoms with Crippen LogP contribution in [-0.2, 0) is 9.53 Å². The summed E-state index contributed by atoms with van der Waals surface area (Å²) in [6, 6.07) is 16.6. The first kappa shape index (κ1) is 19.5. The quantitative estimate of drug-likeness (QED) is 0.736. The third-order valence-corrected chi connectivity index (χ3v) is 4.27. The number of methoxy groups -OCH3 is 1. The van der Waals surface area contributed by atoms with E-state index in [4.69, 9.17) is 9.47 Å². The van der Waals surface area contributed by atoms with Crippen molar-refractivity contribution in [2.75, 3.05) is 13.7 Å². The van der Waals surface area contributed by atoms with Crippen LogP contribution in [-0.4, -0.2) is 31.6 Å². The molecule has 0 aliphatic heterocycles. The number of nitrogens with one attached hydrogen (secondary N) is 1. The molecule has 0 radical (unpaired) electrons. The molecular formula is C21H25NO4. The molecule has 1 N–H and O–H groups in total. The molecule has 5 heteroatoms. The maximum absolute atomic E-state index is 12.3. The van der Waals surface area contributed by atoms with Gasteiger partial charge >= 0.3 is 5.97 Å². The molecule has 0 fully saturated rings. The number of rotatable bonds is 8. The molecule has 0 bridgehead atoms. The molecule has 0 unspecified atom stereocenters. The van der Waals surface area contributed by atoms with Crippen LogP contribution >= 0.6 is 0 Å². The van der Waals surface area contributed by atoms with Gasteiger partial charge < -0.3 is 14.8 Å². The van der Waals surface area contributed by atoms with Gasteiger partial charge in [-0.15, -0.1) is 0 Å². The van der Waals surface area contributed by atoms with E-state index in [-0.39, 0.29) is 11.8 Å². The van der Waals surface area contributed by atoms with Gasteiger partial charge in [-0.2, -0.15) is 0 Å². The SMILES string of the molecule is CC[C@@H](CNC(=O)[C@@H](C)OC(=O)c1ccc(OC)cc1)c1ccccc1. The van der Waals surface area contributed by atoms with Crippen LogP contribution in [0.5, 0.6) is 5.75 Å². The van der Waals surface area contributed by atoms with Gasteiger partial charge in [0.1, 0.15) is 5.75 Å². The van der Waals surface area contributed by atoms with Gasteiger partial charge in [0.05, 0.1) is 12.7 Å². The fourth-order valence-electron chi connectivity index (χ4n) is 2.60. The van der Waals surface area contributed by atoms with Crippen LogP contribution in [0.25, 0.3) is 0 Å². The van der Waals surface area contributed by atoms with Gasteiger partial charge in [0.15, 0.2) is 6.10 Å². The van der Waals surface area contributed by atoms with Crippen LogP contribution in [0.2, 0.25) is 0 Å². The average molecular weight is 355 g/mol. The summed E-state index contributed by atoms with van der Waals surface area (Å²) in [5, 5.41) is 2.87. The fraction of sp³-hybridized carbons (Fsp3) is 0.333. The molecule has 2 rings (SSSR count). The average Bonchev–Trinajstić information content (AvgIpc) is 2.69. The van der Waals surface area contributed by atoms with Gasteiger partial charge in [0, 0.05) is 12.5 Å². The lowest BCUT2D eigenvalue weighted by atomic mass is 9.96. The lowest BCUT2D eigenvalue weighted by Gasteiger charge is -2.18. The van der Waals surface area contributed by atoms with Gasteiger partial charge in [-0.3, -0.25) is 4.79 Å². The molecule has 0 aliphatic rings. The summed E-state index contributed by atoms with van der Waals surface area (Å²) >= 11 is 0. The lowest BCUT2D eigenvalue weighted by Crippen LogP contribution is -2.38. The zero-order valence-electron chi connectivity index (χ0n) is 15.4. The second-order valence-electron chi connectivity index (χ2n) is 6.04. The maximum Gasteiger partial charge on any atom is 0.338 e. The molecule has 0 saturated carbocycles.